The van der Waals surface area contributed by atoms with Crippen molar-refractivity contribution in [2.24, 2.45) is 5.10 Å². The first-order valence-corrected chi connectivity index (χ1v) is 10.0. The Hall–Kier alpha value is -3.98. The van der Waals surface area contributed by atoms with Crippen LogP contribution in [-0.2, 0) is 16.1 Å². The zero-order valence-electron chi connectivity index (χ0n) is 16.5. The topological polar surface area (TPSA) is 106 Å². The average molecular weight is 437 g/mol. The SMILES string of the molecule is COc1cc(/C=N/NC(=O)C(=O)NCc2ccccc2)ccc1OC(=O)c1cccs1. The van der Waals surface area contributed by atoms with Gasteiger partial charge in [-0.05, 0) is 40.8 Å². The Bertz CT molecular complexity index is 1080. The molecule has 3 rings (SSSR count). The van der Waals surface area contributed by atoms with E-state index < -0.39 is 17.8 Å². The first-order chi connectivity index (χ1) is 15.1. The van der Waals surface area contributed by atoms with E-state index in [0.717, 1.165) is 5.56 Å². The molecule has 1 aromatic heterocycles. The summed E-state index contributed by atoms with van der Waals surface area (Å²) in [5, 5.41) is 8.07. The summed E-state index contributed by atoms with van der Waals surface area (Å²) < 4.78 is 10.6. The van der Waals surface area contributed by atoms with E-state index in [1.165, 1.54) is 24.7 Å². The van der Waals surface area contributed by atoms with Gasteiger partial charge in [0.1, 0.15) is 4.88 Å². The van der Waals surface area contributed by atoms with Crippen LogP contribution < -0.4 is 20.2 Å². The largest absolute Gasteiger partial charge is 0.493 e. The van der Waals surface area contributed by atoms with E-state index in [2.05, 4.69) is 15.8 Å². The van der Waals surface area contributed by atoms with E-state index in [-0.39, 0.29) is 12.3 Å². The molecule has 0 aliphatic heterocycles. The third-order valence-electron chi connectivity index (χ3n) is 3.99. The Kier molecular flexibility index (Phi) is 7.50. The molecule has 31 heavy (non-hydrogen) atoms. The molecular weight excluding hydrogens is 418 g/mol. The number of carbonyl (C=O) groups excluding carboxylic acids is 3. The van der Waals surface area contributed by atoms with Crippen LogP contribution in [0.2, 0.25) is 0 Å². The summed E-state index contributed by atoms with van der Waals surface area (Å²) in [6.45, 7) is 0.236. The van der Waals surface area contributed by atoms with Gasteiger partial charge in [-0.25, -0.2) is 10.2 Å². The predicted octanol–water partition coefficient (Wildman–Crippen LogP) is 2.74. The zero-order chi connectivity index (χ0) is 22.1. The number of esters is 1. The second-order valence-electron chi connectivity index (χ2n) is 6.14. The van der Waals surface area contributed by atoms with Crippen molar-refractivity contribution in [1.82, 2.24) is 10.7 Å². The second kappa shape index (κ2) is 10.7. The molecule has 2 aromatic carbocycles. The molecule has 2 N–H and O–H groups in total. The van der Waals surface area contributed by atoms with E-state index >= 15 is 0 Å². The van der Waals surface area contributed by atoms with Crippen LogP contribution in [0.3, 0.4) is 0 Å². The lowest BCUT2D eigenvalue weighted by molar-refractivity contribution is -0.139. The summed E-state index contributed by atoms with van der Waals surface area (Å²) in [7, 11) is 1.44. The molecule has 0 radical (unpaired) electrons. The first-order valence-electron chi connectivity index (χ1n) is 9.15. The molecule has 158 valence electrons. The van der Waals surface area contributed by atoms with Gasteiger partial charge in [0, 0.05) is 6.54 Å². The summed E-state index contributed by atoms with van der Waals surface area (Å²) in [6.07, 6.45) is 1.34. The van der Waals surface area contributed by atoms with Gasteiger partial charge in [-0.3, -0.25) is 9.59 Å². The number of thiophene rings is 1. The number of hydrazone groups is 1. The van der Waals surface area contributed by atoms with Gasteiger partial charge in [-0.15, -0.1) is 11.3 Å². The van der Waals surface area contributed by atoms with Gasteiger partial charge < -0.3 is 14.8 Å². The van der Waals surface area contributed by atoms with Gasteiger partial charge in [0.05, 0.1) is 13.3 Å². The Labute approximate surface area is 182 Å². The lowest BCUT2D eigenvalue weighted by Crippen LogP contribution is -2.37. The van der Waals surface area contributed by atoms with E-state index in [1.54, 1.807) is 35.7 Å². The summed E-state index contributed by atoms with van der Waals surface area (Å²) in [5.74, 6) is -1.60. The van der Waals surface area contributed by atoms with Crippen molar-refractivity contribution in [3.63, 3.8) is 0 Å². The van der Waals surface area contributed by atoms with Crippen molar-refractivity contribution < 1.29 is 23.9 Å². The predicted molar refractivity (Wildman–Crippen MR) is 116 cm³/mol. The highest BCUT2D eigenvalue weighted by molar-refractivity contribution is 7.12. The maximum atomic E-state index is 12.1. The van der Waals surface area contributed by atoms with E-state index in [1.807, 2.05) is 30.3 Å². The maximum Gasteiger partial charge on any atom is 0.353 e. The van der Waals surface area contributed by atoms with Crippen LogP contribution in [0.25, 0.3) is 0 Å². The Morgan fingerprint density at radius 1 is 1.00 bits per heavy atom. The molecule has 3 aromatic rings. The third-order valence-corrected chi connectivity index (χ3v) is 4.84. The van der Waals surface area contributed by atoms with Crippen LogP contribution in [0.4, 0.5) is 0 Å². The second-order valence-corrected chi connectivity index (χ2v) is 7.09. The number of hydrogen-bond donors (Lipinski definition) is 2. The lowest BCUT2D eigenvalue weighted by Gasteiger charge is -2.09. The Balaban J connectivity index is 1.54. The van der Waals surface area contributed by atoms with Crippen molar-refractivity contribution in [3.05, 3.63) is 82.0 Å². The fourth-order valence-electron chi connectivity index (χ4n) is 2.47. The van der Waals surface area contributed by atoms with E-state index in [9.17, 15) is 14.4 Å². The number of hydrogen-bond acceptors (Lipinski definition) is 7. The van der Waals surface area contributed by atoms with Crippen molar-refractivity contribution in [1.29, 1.82) is 0 Å². The van der Waals surface area contributed by atoms with Gasteiger partial charge in [0.2, 0.25) is 0 Å². The number of benzene rings is 2. The van der Waals surface area contributed by atoms with Gasteiger partial charge >= 0.3 is 17.8 Å². The zero-order valence-corrected chi connectivity index (χ0v) is 17.3. The van der Waals surface area contributed by atoms with Gasteiger partial charge in [0.15, 0.2) is 11.5 Å². The lowest BCUT2D eigenvalue weighted by atomic mass is 10.2. The summed E-state index contributed by atoms with van der Waals surface area (Å²) in [6, 6.07) is 17.4. The number of nitrogens with zero attached hydrogens (tertiary/aromatic N) is 1. The molecule has 9 heteroatoms. The number of carbonyl (C=O) groups is 3. The minimum Gasteiger partial charge on any atom is -0.493 e. The highest BCUT2D eigenvalue weighted by Gasteiger charge is 2.14. The smallest absolute Gasteiger partial charge is 0.353 e. The molecule has 0 bridgehead atoms. The third kappa shape index (κ3) is 6.25. The van der Waals surface area contributed by atoms with Gasteiger partial charge in [0.25, 0.3) is 0 Å². The summed E-state index contributed by atoms with van der Waals surface area (Å²) in [4.78, 5) is 36.3. The van der Waals surface area contributed by atoms with Gasteiger partial charge in [-0.2, -0.15) is 5.10 Å². The van der Waals surface area contributed by atoms with Crippen LogP contribution in [0.5, 0.6) is 11.5 Å². The summed E-state index contributed by atoms with van der Waals surface area (Å²) in [5.41, 5.74) is 3.61. The van der Waals surface area contributed by atoms with Crippen molar-refractivity contribution in [3.8, 4) is 11.5 Å². The van der Waals surface area contributed by atoms with Crippen LogP contribution in [-0.4, -0.2) is 31.1 Å². The highest BCUT2D eigenvalue weighted by Crippen LogP contribution is 2.28. The number of methoxy groups -OCH3 is 1. The Morgan fingerprint density at radius 2 is 1.81 bits per heavy atom. The van der Waals surface area contributed by atoms with Crippen LogP contribution in [0, 0.1) is 0 Å². The quantitative estimate of drug-likeness (QED) is 0.194. The fraction of sp³-hybridized carbons (Fsp3) is 0.0909. The molecule has 0 aliphatic carbocycles. The average Bonchev–Trinajstić information content (AvgIpc) is 3.34. The number of nitrogens with one attached hydrogen (secondary N) is 2. The maximum absolute atomic E-state index is 12.1. The molecule has 1 heterocycles. The van der Waals surface area contributed by atoms with Crippen molar-refractivity contribution in [2.45, 2.75) is 6.54 Å². The highest BCUT2D eigenvalue weighted by atomic mass is 32.1. The summed E-state index contributed by atoms with van der Waals surface area (Å²) >= 11 is 1.28. The van der Waals surface area contributed by atoms with Crippen LogP contribution >= 0.6 is 11.3 Å². The normalized spacial score (nSPS) is 10.5. The molecule has 0 atom stereocenters. The van der Waals surface area contributed by atoms with Crippen molar-refractivity contribution >= 4 is 35.3 Å². The molecule has 0 fully saturated rings. The monoisotopic (exact) mass is 437 g/mol. The molecular formula is C22H19N3O5S. The minimum absolute atomic E-state index is 0.236. The Morgan fingerprint density at radius 3 is 2.52 bits per heavy atom. The van der Waals surface area contributed by atoms with E-state index in [0.29, 0.717) is 16.2 Å². The molecule has 8 nitrogen and oxygen atoms in total. The van der Waals surface area contributed by atoms with Gasteiger partial charge in [-0.1, -0.05) is 36.4 Å². The number of amides is 2. The fourth-order valence-corrected chi connectivity index (χ4v) is 3.07. The number of ether oxygens (including phenoxy) is 2. The molecule has 0 aliphatic rings. The molecule has 0 saturated carbocycles. The molecule has 0 saturated heterocycles. The molecule has 0 unspecified atom stereocenters. The minimum atomic E-state index is -0.888. The first kappa shape index (κ1) is 21.7. The number of rotatable bonds is 7. The van der Waals surface area contributed by atoms with E-state index in [4.69, 9.17) is 9.47 Å². The van der Waals surface area contributed by atoms with Crippen LogP contribution in [0.1, 0.15) is 20.8 Å². The van der Waals surface area contributed by atoms with Crippen molar-refractivity contribution in [2.75, 3.05) is 7.11 Å². The standard InChI is InChI=1S/C22H19N3O5S/c1-29-18-12-16(9-10-17(18)30-22(28)19-8-5-11-31-19)14-24-25-21(27)20(26)23-13-15-6-3-2-4-7-15/h2-12,14H,13H2,1H3,(H,23,26)(H,25,27)/b24-14+. The molecule has 0 spiro atoms. The molecule has 2 amide bonds. The van der Waals surface area contributed by atoms with Crippen LogP contribution in [0.15, 0.2) is 71.1 Å².